The molecule has 0 radical (unpaired) electrons. The van der Waals surface area contributed by atoms with Crippen LogP contribution in [0.1, 0.15) is 110 Å². The van der Waals surface area contributed by atoms with Gasteiger partial charge in [0.1, 0.15) is 0 Å². The Bertz CT molecular complexity index is 248. The summed E-state index contributed by atoms with van der Waals surface area (Å²) in [5, 5.41) is 0. The lowest BCUT2D eigenvalue weighted by Crippen LogP contribution is -2.29. The number of hydrogen-bond acceptors (Lipinski definition) is 2. The normalized spacial score (nSPS) is 10.8. The van der Waals surface area contributed by atoms with E-state index in [9.17, 15) is 4.79 Å². The van der Waals surface area contributed by atoms with Crippen molar-refractivity contribution in [2.24, 2.45) is 5.73 Å². The molecule has 4 heteroatoms. The van der Waals surface area contributed by atoms with Gasteiger partial charge in [-0.05, 0) is 6.42 Å². The van der Waals surface area contributed by atoms with Crippen molar-refractivity contribution in [3.63, 3.8) is 0 Å². The van der Waals surface area contributed by atoms with Crippen molar-refractivity contribution in [2.75, 3.05) is 6.61 Å². The van der Waals surface area contributed by atoms with Crippen molar-refractivity contribution < 1.29 is 9.63 Å². The van der Waals surface area contributed by atoms with Crippen molar-refractivity contribution in [1.29, 1.82) is 0 Å². The summed E-state index contributed by atoms with van der Waals surface area (Å²) in [6.07, 6.45) is 21.7. The van der Waals surface area contributed by atoms with Crippen molar-refractivity contribution in [1.82, 2.24) is 5.48 Å². The monoisotopic (exact) mass is 328 g/mol. The van der Waals surface area contributed by atoms with Crippen LogP contribution in [0, 0.1) is 0 Å². The standard InChI is InChI=1S/C19H40N2O2/c1-2-3-4-5-6-7-8-9-10-11-12-13-14-15-16-17-18-23-21-19(20)22/h2-18H2,1H3,(H3,20,21,22). The van der Waals surface area contributed by atoms with Crippen LogP contribution in [0.15, 0.2) is 0 Å². The van der Waals surface area contributed by atoms with Crippen LogP contribution < -0.4 is 11.2 Å². The van der Waals surface area contributed by atoms with Gasteiger partial charge >= 0.3 is 6.03 Å². The van der Waals surface area contributed by atoms with Gasteiger partial charge in [0.25, 0.3) is 0 Å². The van der Waals surface area contributed by atoms with Gasteiger partial charge < -0.3 is 5.73 Å². The molecule has 0 spiro atoms. The molecule has 0 saturated heterocycles. The number of unbranched alkanes of at least 4 members (excludes halogenated alkanes) is 15. The smallest absolute Gasteiger partial charge is 0.336 e. The number of carbonyl (C=O) groups excluding carboxylic acids is 1. The molecule has 0 saturated carbocycles. The highest BCUT2D eigenvalue weighted by Gasteiger charge is 1.95. The van der Waals surface area contributed by atoms with Gasteiger partial charge in [-0.15, -0.1) is 0 Å². The number of urea groups is 1. The summed E-state index contributed by atoms with van der Waals surface area (Å²) in [6, 6.07) is -0.624. The van der Waals surface area contributed by atoms with E-state index < -0.39 is 6.03 Å². The topological polar surface area (TPSA) is 64.3 Å². The zero-order valence-electron chi connectivity index (χ0n) is 15.4. The molecule has 4 nitrogen and oxygen atoms in total. The van der Waals surface area contributed by atoms with Crippen molar-refractivity contribution in [3.8, 4) is 0 Å². The van der Waals surface area contributed by atoms with Crippen LogP contribution in [0.3, 0.4) is 0 Å². The molecule has 0 aromatic heterocycles. The zero-order valence-corrected chi connectivity index (χ0v) is 15.4. The van der Waals surface area contributed by atoms with Gasteiger partial charge in [-0.3, -0.25) is 4.84 Å². The molecule has 0 rings (SSSR count). The SMILES string of the molecule is CCCCCCCCCCCCCCCCCCONC(N)=O. The molecule has 0 aliphatic carbocycles. The summed E-state index contributed by atoms with van der Waals surface area (Å²) in [5.41, 5.74) is 7.03. The van der Waals surface area contributed by atoms with E-state index in [-0.39, 0.29) is 0 Å². The maximum atomic E-state index is 10.4. The molecule has 0 aromatic rings. The van der Waals surface area contributed by atoms with E-state index in [1.807, 2.05) is 0 Å². The van der Waals surface area contributed by atoms with Crippen molar-refractivity contribution >= 4 is 6.03 Å². The quantitative estimate of drug-likeness (QED) is 0.245. The first-order valence-corrected chi connectivity index (χ1v) is 9.94. The number of carbonyl (C=O) groups is 1. The van der Waals surface area contributed by atoms with Gasteiger partial charge in [-0.2, -0.15) is 0 Å². The molecule has 138 valence electrons. The number of primary amides is 1. The number of amides is 2. The molecule has 0 aliphatic heterocycles. The van der Waals surface area contributed by atoms with E-state index >= 15 is 0 Å². The third kappa shape index (κ3) is 21.2. The first-order valence-electron chi connectivity index (χ1n) is 9.94. The van der Waals surface area contributed by atoms with Gasteiger partial charge in [0.05, 0.1) is 6.61 Å². The average Bonchev–Trinajstić information content (AvgIpc) is 2.53. The van der Waals surface area contributed by atoms with E-state index in [2.05, 4.69) is 12.4 Å². The summed E-state index contributed by atoms with van der Waals surface area (Å²) in [5.74, 6) is 0. The molecule has 0 unspecified atom stereocenters. The van der Waals surface area contributed by atoms with Crippen molar-refractivity contribution in [3.05, 3.63) is 0 Å². The molecule has 2 amide bonds. The number of rotatable bonds is 18. The minimum absolute atomic E-state index is 0.557. The lowest BCUT2D eigenvalue weighted by atomic mass is 10.0. The highest BCUT2D eigenvalue weighted by molar-refractivity contribution is 5.70. The molecular weight excluding hydrogens is 288 g/mol. The largest absolute Gasteiger partial charge is 0.350 e. The van der Waals surface area contributed by atoms with Crippen molar-refractivity contribution in [2.45, 2.75) is 110 Å². The number of hydrogen-bond donors (Lipinski definition) is 2. The fourth-order valence-corrected chi connectivity index (χ4v) is 2.84. The molecule has 0 fully saturated rings. The fourth-order valence-electron chi connectivity index (χ4n) is 2.84. The minimum Gasteiger partial charge on any atom is -0.350 e. The van der Waals surface area contributed by atoms with Gasteiger partial charge in [0.2, 0.25) is 0 Å². The van der Waals surface area contributed by atoms with E-state index in [1.165, 1.54) is 96.3 Å². The summed E-state index contributed by atoms with van der Waals surface area (Å²) in [7, 11) is 0. The minimum atomic E-state index is -0.624. The molecule has 3 N–H and O–H groups in total. The molecule has 23 heavy (non-hydrogen) atoms. The van der Waals surface area contributed by atoms with Crippen LogP contribution in [-0.4, -0.2) is 12.6 Å². The predicted octanol–water partition coefficient (Wildman–Crippen LogP) is 5.85. The Morgan fingerprint density at radius 3 is 1.39 bits per heavy atom. The first kappa shape index (κ1) is 22.2. The Morgan fingerprint density at radius 2 is 1.04 bits per heavy atom. The molecule has 0 aromatic carbocycles. The number of nitrogens with one attached hydrogen (secondary N) is 1. The van der Waals surface area contributed by atoms with Crippen LogP contribution in [-0.2, 0) is 4.84 Å². The maximum absolute atomic E-state index is 10.4. The second-order valence-electron chi connectivity index (χ2n) is 6.62. The fraction of sp³-hybridized carbons (Fsp3) is 0.947. The Labute approximate surface area is 143 Å². The predicted molar refractivity (Wildman–Crippen MR) is 98.2 cm³/mol. The molecule has 0 bridgehead atoms. The van der Waals surface area contributed by atoms with Gasteiger partial charge in [-0.25, -0.2) is 10.3 Å². The third-order valence-electron chi connectivity index (χ3n) is 4.27. The first-order chi connectivity index (χ1) is 11.3. The summed E-state index contributed by atoms with van der Waals surface area (Å²) in [6.45, 7) is 2.83. The van der Waals surface area contributed by atoms with Crippen LogP contribution >= 0.6 is 0 Å². The second kappa shape index (κ2) is 19.3. The van der Waals surface area contributed by atoms with Gasteiger partial charge in [0.15, 0.2) is 0 Å². The maximum Gasteiger partial charge on any atom is 0.336 e. The Kier molecular flexibility index (Phi) is 18.6. The Balaban J connectivity index is 2.96. The highest BCUT2D eigenvalue weighted by atomic mass is 16.7. The Morgan fingerprint density at radius 1 is 0.696 bits per heavy atom. The number of hydroxylamine groups is 1. The summed E-state index contributed by atoms with van der Waals surface area (Å²) >= 11 is 0. The average molecular weight is 329 g/mol. The van der Waals surface area contributed by atoms with E-state index in [4.69, 9.17) is 10.6 Å². The van der Waals surface area contributed by atoms with E-state index in [0.717, 1.165) is 6.42 Å². The van der Waals surface area contributed by atoms with Crippen LogP contribution in [0.4, 0.5) is 4.79 Å². The lowest BCUT2D eigenvalue weighted by Gasteiger charge is -2.04. The van der Waals surface area contributed by atoms with E-state index in [1.54, 1.807) is 0 Å². The van der Waals surface area contributed by atoms with Crippen LogP contribution in [0.25, 0.3) is 0 Å². The van der Waals surface area contributed by atoms with Gasteiger partial charge in [-0.1, -0.05) is 103 Å². The lowest BCUT2D eigenvalue weighted by molar-refractivity contribution is 0.0616. The molecular formula is C19H40N2O2. The Hall–Kier alpha value is -0.770. The molecule has 0 heterocycles. The van der Waals surface area contributed by atoms with Crippen LogP contribution in [0.5, 0.6) is 0 Å². The van der Waals surface area contributed by atoms with Crippen LogP contribution in [0.2, 0.25) is 0 Å². The second-order valence-corrected chi connectivity index (χ2v) is 6.62. The zero-order chi connectivity index (χ0) is 17.0. The number of nitrogens with two attached hydrogens (primary N) is 1. The van der Waals surface area contributed by atoms with E-state index in [0.29, 0.717) is 6.61 Å². The third-order valence-corrected chi connectivity index (χ3v) is 4.27. The highest BCUT2D eigenvalue weighted by Crippen LogP contribution is 2.13. The van der Waals surface area contributed by atoms with Gasteiger partial charge in [0, 0.05) is 0 Å². The molecule has 0 aliphatic rings. The summed E-state index contributed by atoms with van der Waals surface area (Å²) in [4.78, 5) is 15.2. The summed E-state index contributed by atoms with van der Waals surface area (Å²) < 4.78 is 0. The molecule has 0 atom stereocenters.